The number of para-hydroxylation sites is 1. The van der Waals surface area contributed by atoms with Crippen molar-refractivity contribution in [2.75, 3.05) is 18.0 Å². The van der Waals surface area contributed by atoms with E-state index < -0.39 is 0 Å². The van der Waals surface area contributed by atoms with E-state index in [2.05, 4.69) is 33.9 Å². The van der Waals surface area contributed by atoms with Crippen molar-refractivity contribution in [1.29, 1.82) is 0 Å². The monoisotopic (exact) mass is 242 g/mol. The first-order chi connectivity index (χ1) is 8.86. The first kappa shape index (κ1) is 12.5. The smallest absolute Gasteiger partial charge is 0.115 e. The Balaban J connectivity index is 2.31. The number of nitrogens with zero attached hydrogens (tertiary/aromatic N) is 3. The van der Waals surface area contributed by atoms with E-state index in [1.165, 1.54) is 0 Å². The molecule has 0 aliphatic rings. The van der Waals surface area contributed by atoms with Gasteiger partial charge in [0.1, 0.15) is 6.33 Å². The van der Waals surface area contributed by atoms with Gasteiger partial charge in [0.05, 0.1) is 11.7 Å². The van der Waals surface area contributed by atoms with Crippen molar-refractivity contribution in [3.05, 3.63) is 54.6 Å². The van der Waals surface area contributed by atoms with Crippen molar-refractivity contribution < 1.29 is 0 Å². The lowest BCUT2D eigenvalue weighted by molar-refractivity contribution is 0.624. The van der Waals surface area contributed by atoms with Crippen LogP contribution in [0.2, 0.25) is 0 Å². The van der Waals surface area contributed by atoms with Crippen LogP contribution in [0, 0.1) is 0 Å². The van der Waals surface area contributed by atoms with E-state index in [9.17, 15) is 0 Å². The molecule has 4 heteroatoms. The third-order valence-corrected chi connectivity index (χ3v) is 2.97. The lowest BCUT2D eigenvalue weighted by Gasteiger charge is -2.31. The maximum Gasteiger partial charge on any atom is 0.115 e. The third kappa shape index (κ3) is 2.65. The van der Waals surface area contributed by atoms with E-state index in [4.69, 9.17) is 5.73 Å². The molecular weight excluding hydrogens is 224 g/mol. The van der Waals surface area contributed by atoms with Crippen LogP contribution < -0.4 is 10.6 Å². The highest BCUT2D eigenvalue weighted by Gasteiger charge is 2.18. The number of anilines is 1. The van der Waals surface area contributed by atoms with Crippen LogP contribution in [0.1, 0.15) is 18.7 Å². The summed E-state index contributed by atoms with van der Waals surface area (Å²) in [4.78, 5) is 10.5. The van der Waals surface area contributed by atoms with Gasteiger partial charge in [-0.2, -0.15) is 0 Å². The Labute approximate surface area is 107 Å². The molecule has 0 aliphatic heterocycles. The Kier molecular flexibility index (Phi) is 4.25. The second-order valence-electron chi connectivity index (χ2n) is 4.01. The largest absolute Gasteiger partial charge is 0.362 e. The van der Waals surface area contributed by atoms with Crippen LogP contribution in [0.3, 0.4) is 0 Å². The summed E-state index contributed by atoms with van der Waals surface area (Å²) in [5.74, 6) is 0. The van der Waals surface area contributed by atoms with Crippen LogP contribution in [0.4, 0.5) is 5.69 Å². The molecule has 0 bridgehead atoms. The predicted octanol–water partition coefficient (Wildman–Crippen LogP) is 2.00. The Morgan fingerprint density at radius 1 is 1.22 bits per heavy atom. The molecule has 2 rings (SSSR count). The van der Waals surface area contributed by atoms with E-state index in [0.717, 1.165) is 17.9 Å². The Morgan fingerprint density at radius 3 is 2.56 bits per heavy atom. The van der Waals surface area contributed by atoms with Crippen LogP contribution in [0.25, 0.3) is 0 Å². The van der Waals surface area contributed by atoms with E-state index >= 15 is 0 Å². The highest BCUT2D eigenvalue weighted by Crippen LogP contribution is 2.24. The summed E-state index contributed by atoms with van der Waals surface area (Å²) in [5, 5.41) is 0. The molecule has 94 valence electrons. The Hall–Kier alpha value is -1.94. The zero-order valence-corrected chi connectivity index (χ0v) is 10.5. The molecule has 18 heavy (non-hydrogen) atoms. The fourth-order valence-electron chi connectivity index (χ4n) is 2.11. The number of hydrogen-bond donors (Lipinski definition) is 1. The number of rotatable bonds is 5. The fourth-order valence-corrected chi connectivity index (χ4v) is 2.11. The van der Waals surface area contributed by atoms with Crippen LogP contribution in [0.15, 0.2) is 48.9 Å². The van der Waals surface area contributed by atoms with E-state index in [0.29, 0.717) is 6.54 Å². The molecule has 0 spiro atoms. The molecule has 4 nitrogen and oxygen atoms in total. The standard InChI is InChI=1S/C14H18N4/c1-2-18(12-6-4-3-5-7-12)14(10-15)13-8-9-16-11-17-13/h3-9,11,14H,2,10,15H2,1H3. The predicted molar refractivity (Wildman–Crippen MR) is 73.3 cm³/mol. The van der Waals surface area contributed by atoms with Gasteiger partial charge < -0.3 is 10.6 Å². The van der Waals surface area contributed by atoms with Gasteiger partial charge in [-0.25, -0.2) is 9.97 Å². The lowest BCUT2D eigenvalue weighted by Crippen LogP contribution is -2.34. The minimum Gasteiger partial charge on any atom is -0.362 e. The van der Waals surface area contributed by atoms with Crippen molar-refractivity contribution in [3.63, 3.8) is 0 Å². The zero-order valence-electron chi connectivity index (χ0n) is 10.5. The summed E-state index contributed by atoms with van der Waals surface area (Å²) in [6.45, 7) is 3.53. The van der Waals surface area contributed by atoms with Gasteiger partial charge in [0, 0.05) is 25.0 Å². The molecule has 0 saturated carbocycles. The average molecular weight is 242 g/mol. The summed E-state index contributed by atoms with van der Waals surface area (Å²) in [6.07, 6.45) is 3.32. The Morgan fingerprint density at radius 2 is 2.00 bits per heavy atom. The van der Waals surface area contributed by atoms with Gasteiger partial charge in [-0.15, -0.1) is 0 Å². The van der Waals surface area contributed by atoms with Gasteiger partial charge in [-0.05, 0) is 25.1 Å². The third-order valence-electron chi connectivity index (χ3n) is 2.97. The zero-order chi connectivity index (χ0) is 12.8. The van der Waals surface area contributed by atoms with Crippen LogP contribution in [-0.2, 0) is 0 Å². The fraction of sp³-hybridized carbons (Fsp3) is 0.286. The summed E-state index contributed by atoms with van der Waals surface area (Å²) in [5.41, 5.74) is 8.03. The van der Waals surface area contributed by atoms with Gasteiger partial charge in [0.25, 0.3) is 0 Å². The molecule has 2 aromatic rings. The van der Waals surface area contributed by atoms with Gasteiger partial charge >= 0.3 is 0 Å². The van der Waals surface area contributed by atoms with Crippen molar-refractivity contribution >= 4 is 5.69 Å². The highest BCUT2D eigenvalue weighted by molar-refractivity contribution is 5.48. The van der Waals surface area contributed by atoms with Crippen molar-refractivity contribution in [2.45, 2.75) is 13.0 Å². The van der Waals surface area contributed by atoms with Gasteiger partial charge in [0.15, 0.2) is 0 Å². The second-order valence-corrected chi connectivity index (χ2v) is 4.01. The Bertz CT molecular complexity index is 412. The van der Waals surface area contributed by atoms with E-state index in [-0.39, 0.29) is 6.04 Å². The van der Waals surface area contributed by atoms with Crippen molar-refractivity contribution in [3.8, 4) is 0 Å². The molecule has 0 amide bonds. The molecule has 1 aromatic heterocycles. The molecule has 0 aliphatic carbocycles. The second kappa shape index (κ2) is 6.12. The van der Waals surface area contributed by atoms with Crippen molar-refractivity contribution in [1.82, 2.24) is 9.97 Å². The number of hydrogen-bond acceptors (Lipinski definition) is 4. The van der Waals surface area contributed by atoms with Crippen LogP contribution in [0.5, 0.6) is 0 Å². The molecule has 2 N–H and O–H groups in total. The normalized spacial score (nSPS) is 12.1. The quantitative estimate of drug-likeness (QED) is 0.871. The summed E-state index contributed by atoms with van der Waals surface area (Å²) >= 11 is 0. The lowest BCUT2D eigenvalue weighted by atomic mass is 10.1. The van der Waals surface area contributed by atoms with Gasteiger partial charge in [-0.3, -0.25) is 0 Å². The maximum atomic E-state index is 5.92. The number of benzene rings is 1. The van der Waals surface area contributed by atoms with E-state index in [1.54, 1.807) is 12.5 Å². The van der Waals surface area contributed by atoms with Crippen molar-refractivity contribution in [2.24, 2.45) is 5.73 Å². The molecule has 1 unspecified atom stereocenters. The molecule has 0 fully saturated rings. The number of nitrogens with two attached hydrogens (primary N) is 1. The summed E-state index contributed by atoms with van der Waals surface area (Å²) in [7, 11) is 0. The van der Waals surface area contributed by atoms with Gasteiger partial charge in [-0.1, -0.05) is 18.2 Å². The van der Waals surface area contributed by atoms with Crippen LogP contribution in [-0.4, -0.2) is 23.1 Å². The number of aromatic nitrogens is 2. The van der Waals surface area contributed by atoms with E-state index in [1.807, 2.05) is 24.3 Å². The first-order valence-electron chi connectivity index (χ1n) is 6.14. The molecule has 1 aromatic carbocycles. The summed E-state index contributed by atoms with van der Waals surface area (Å²) in [6, 6.07) is 12.3. The highest BCUT2D eigenvalue weighted by atomic mass is 15.2. The molecule has 0 radical (unpaired) electrons. The summed E-state index contributed by atoms with van der Waals surface area (Å²) < 4.78 is 0. The maximum absolute atomic E-state index is 5.92. The minimum atomic E-state index is 0.0837. The SMILES string of the molecule is CCN(c1ccccc1)C(CN)c1ccncn1. The van der Waals surface area contributed by atoms with Crippen LogP contribution >= 0.6 is 0 Å². The molecule has 0 saturated heterocycles. The molecular formula is C14H18N4. The molecule has 1 heterocycles. The molecule has 1 atom stereocenters. The number of likely N-dealkylation sites (N-methyl/N-ethyl adjacent to an activating group) is 1. The average Bonchev–Trinajstić information content (AvgIpc) is 2.46. The topological polar surface area (TPSA) is 55.0 Å². The minimum absolute atomic E-state index is 0.0837. The van der Waals surface area contributed by atoms with Gasteiger partial charge in [0.2, 0.25) is 0 Å². The first-order valence-corrected chi connectivity index (χ1v) is 6.14.